The maximum atomic E-state index is 12.0. The number of hydrogen-bond donors (Lipinski definition) is 1. The molecule has 4 heteroatoms. The predicted molar refractivity (Wildman–Crippen MR) is 78.3 cm³/mol. The monoisotopic (exact) mass is 276 g/mol. The summed E-state index contributed by atoms with van der Waals surface area (Å²) in [6, 6.07) is 3.74. The van der Waals surface area contributed by atoms with Crippen molar-refractivity contribution in [3.8, 4) is 0 Å². The van der Waals surface area contributed by atoms with Crippen molar-refractivity contribution in [3.05, 3.63) is 30.1 Å². The van der Waals surface area contributed by atoms with Crippen LogP contribution in [0.2, 0.25) is 0 Å². The van der Waals surface area contributed by atoms with Crippen LogP contribution in [0.15, 0.2) is 24.5 Å². The third-order valence-corrected chi connectivity index (χ3v) is 3.74. The fraction of sp³-hybridized carbons (Fsp3) is 0.625. The van der Waals surface area contributed by atoms with E-state index in [-0.39, 0.29) is 17.4 Å². The molecule has 1 amide bonds. The number of carbonyl (C=O) groups is 1. The molecule has 0 saturated carbocycles. The summed E-state index contributed by atoms with van der Waals surface area (Å²) in [7, 11) is 0. The second-order valence-electron chi connectivity index (χ2n) is 6.54. The van der Waals surface area contributed by atoms with Crippen LogP contribution in [0.1, 0.15) is 32.8 Å². The van der Waals surface area contributed by atoms with E-state index in [1.165, 1.54) is 0 Å². The summed E-state index contributed by atoms with van der Waals surface area (Å²) in [5.74, 6) is 0.479. The molecule has 1 aromatic rings. The first-order valence-corrected chi connectivity index (χ1v) is 7.24. The minimum atomic E-state index is 0.0655. The lowest BCUT2D eigenvalue weighted by Gasteiger charge is -2.31. The molecular formula is C16H24N2O2. The fourth-order valence-electron chi connectivity index (χ4n) is 2.79. The zero-order chi connectivity index (χ0) is 14.6. The molecule has 20 heavy (non-hydrogen) atoms. The maximum Gasteiger partial charge on any atom is 0.224 e. The highest BCUT2D eigenvalue weighted by atomic mass is 16.5. The van der Waals surface area contributed by atoms with Crippen LogP contribution in [-0.2, 0) is 16.0 Å². The molecule has 0 bridgehead atoms. The number of nitrogens with zero attached hydrogens (tertiary/aromatic N) is 1. The Balaban J connectivity index is 1.81. The van der Waals surface area contributed by atoms with Crippen LogP contribution < -0.4 is 5.32 Å². The van der Waals surface area contributed by atoms with Gasteiger partial charge in [-0.15, -0.1) is 0 Å². The summed E-state index contributed by atoms with van der Waals surface area (Å²) in [5.41, 5.74) is 1.12. The first kappa shape index (κ1) is 15.0. The van der Waals surface area contributed by atoms with Crippen molar-refractivity contribution in [1.29, 1.82) is 0 Å². The van der Waals surface area contributed by atoms with E-state index in [4.69, 9.17) is 4.74 Å². The van der Waals surface area contributed by atoms with Gasteiger partial charge in [-0.3, -0.25) is 9.78 Å². The van der Waals surface area contributed by atoms with E-state index in [0.29, 0.717) is 18.9 Å². The Morgan fingerprint density at radius 1 is 1.40 bits per heavy atom. The van der Waals surface area contributed by atoms with E-state index >= 15 is 0 Å². The van der Waals surface area contributed by atoms with Crippen molar-refractivity contribution in [1.82, 2.24) is 10.3 Å². The molecule has 2 atom stereocenters. The highest BCUT2D eigenvalue weighted by Gasteiger charge is 2.37. The molecule has 1 aromatic heterocycles. The van der Waals surface area contributed by atoms with Crippen LogP contribution in [0.25, 0.3) is 0 Å². The lowest BCUT2D eigenvalue weighted by atomic mass is 9.81. The first-order valence-electron chi connectivity index (χ1n) is 7.24. The molecule has 0 unspecified atom stereocenters. The van der Waals surface area contributed by atoms with Crippen LogP contribution in [0.5, 0.6) is 0 Å². The van der Waals surface area contributed by atoms with Crippen LogP contribution in [0, 0.1) is 11.3 Å². The summed E-state index contributed by atoms with van der Waals surface area (Å²) >= 11 is 0. The number of ether oxygens (including phenoxy) is 1. The van der Waals surface area contributed by atoms with Crippen molar-refractivity contribution < 1.29 is 9.53 Å². The van der Waals surface area contributed by atoms with Crippen molar-refractivity contribution in [2.45, 2.75) is 39.7 Å². The Labute approximate surface area is 120 Å². The summed E-state index contributed by atoms with van der Waals surface area (Å²) in [6.07, 6.45) is 5.09. The number of aromatic nitrogens is 1. The Kier molecular flexibility index (Phi) is 4.76. The Morgan fingerprint density at radius 2 is 2.10 bits per heavy atom. The quantitative estimate of drug-likeness (QED) is 0.917. The molecule has 2 rings (SSSR count). The molecule has 4 nitrogen and oxygen atoms in total. The van der Waals surface area contributed by atoms with Gasteiger partial charge in [0.05, 0.1) is 12.5 Å². The van der Waals surface area contributed by atoms with Gasteiger partial charge in [-0.25, -0.2) is 0 Å². The Morgan fingerprint density at radius 3 is 2.75 bits per heavy atom. The van der Waals surface area contributed by atoms with Gasteiger partial charge < -0.3 is 10.1 Å². The fourth-order valence-corrected chi connectivity index (χ4v) is 2.79. The van der Waals surface area contributed by atoms with E-state index < -0.39 is 0 Å². The molecular weight excluding hydrogens is 252 g/mol. The molecule has 2 heterocycles. The number of rotatable bonds is 4. The van der Waals surface area contributed by atoms with Gasteiger partial charge >= 0.3 is 0 Å². The van der Waals surface area contributed by atoms with Gasteiger partial charge in [0.2, 0.25) is 5.91 Å². The van der Waals surface area contributed by atoms with E-state index in [9.17, 15) is 4.79 Å². The van der Waals surface area contributed by atoms with Gasteiger partial charge in [0, 0.05) is 31.5 Å². The van der Waals surface area contributed by atoms with Crippen molar-refractivity contribution in [2.75, 3.05) is 13.2 Å². The standard InChI is InChI=1S/C16H24N2O2/c1-16(2,3)15-13(6-9-20-15)11-18-14(19)10-12-4-7-17-8-5-12/h4-5,7-8,13,15H,6,9-11H2,1-3H3,(H,18,19)/t13-,15+/m1/s1. The molecule has 1 aliphatic heterocycles. The third-order valence-electron chi connectivity index (χ3n) is 3.74. The van der Waals surface area contributed by atoms with Crippen molar-refractivity contribution in [2.24, 2.45) is 11.3 Å². The van der Waals surface area contributed by atoms with Crippen molar-refractivity contribution >= 4 is 5.91 Å². The highest BCUT2D eigenvalue weighted by Crippen LogP contribution is 2.34. The minimum absolute atomic E-state index is 0.0655. The number of hydrogen-bond acceptors (Lipinski definition) is 3. The average Bonchev–Trinajstić information content (AvgIpc) is 2.86. The summed E-state index contributed by atoms with van der Waals surface area (Å²) in [6.45, 7) is 8.07. The van der Waals surface area contributed by atoms with Crippen LogP contribution in [-0.4, -0.2) is 30.1 Å². The Bertz CT molecular complexity index is 440. The summed E-state index contributed by atoms with van der Waals surface area (Å²) in [4.78, 5) is 15.9. The largest absolute Gasteiger partial charge is 0.377 e. The SMILES string of the molecule is CC(C)(C)[C@H]1OCC[C@@H]1CNC(=O)Cc1ccncc1. The molecule has 1 fully saturated rings. The van der Waals surface area contributed by atoms with Gasteiger partial charge in [0.15, 0.2) is 0 Å². The van der Waals surface area contributed by atoms with Crippen molar-refractivity contribution in [3.63, 3.8) is 0 Å². The summed E-state index contributed by atoms with van der Waals surface area (Å²) < 4.78 is 5.82. The summed E-state index contributed by atoms with van der Waals surface area (Å²) in [5, 5.41) is 3.04. The molecule has 0 aliphatic carbocycles. The molecule has 1 N–H and O–H groups in total. The zero-order valence-corrected chi connectivity index (χ0v) is 12.6. The molecule has 0 aromatic carbocycles. The lowest BCUT2D eigenvalue weighted by molar-refractivity contribution is -0.120. The van der Waals surface area contributed by atoms with E-state index in [0.717, 1.165) is 18.6 Å². The maximum absolute atomic E-state index is 12.0. The lowest BCUT2D eigenvalue weighted by Crippen LogP contribution is -2.39. The minimum Gasteiger partial charge on any atom is -0.377 e. The topological polar surface area (TPSA) is 51.2 Å². The number of amides is 1. The first-order chi connectivity index (χ1) is 9.47. The smallest absolute Gasteiger partial charge is 0.224 e. The zero-order valence-electron chi connectivity index (χ0n) is 12.6. The van der Waals surface area contributed by atoms with Crippen LogP contribution >= 0.6 is 0 Å². The van der Waals surface area contributed by atoms with E-state index in [1.807, 2.05) is 12.1 Å². The van der Waals surface area contributed by atoms with Gasteiger partial charge in [0.1, 0.15) is 0 Å². The van der Waals surface area contributed by atoms with Gasteiger partial charge in [0.25, 0.3) is 0 Å². The van der Waals surface area contributed by atoms with Gasteiger partial charge in [-0.05, 0) is 29.5 Å². The molecule has 110 valence electrons. The second-order valence-corrected chi connectivity index (χ2v) is 6.54. The second kappa shape index (κ2) is 6.35. The number of pyridine rings is 1. The van der Waals surface area contributed by atoms with Gasteiger partial charge in [-0.1, -0.05) is 20.8 Å². The van der Waals surface area contributed by atoms with Gasteiger partial charge in [-0.2, -0.15) is 0 Å². The molecule has 0 spiro atoms. The third kappa shape index (κ3) is 4.04. The average molecular weight is 276 g/mol. The van der Waals surface area contributed by atoms with E-state index in [1.54, 1.807) is 12.4 Å². The number of nitrogens with one attached hydrogen (secondary N) is 1. The highest BCUT2D eigenvalue weighted by molar-refractivity contribution is 5.78. The Hall–Kier alpha value is -1.42. The van der Waals surface area contributed by atoms with Crippen LogP contribution in [0.3, 0.4) is 0 Å². The molecule has 0 radical (unpaired) electrons. The van der Waals surface area contributed by atoms with E-state index in [2.05, 4.69) is 31.1 Å². The number of carbonyl (C=O) groups excluding carboxylic acids is 1. The van der Waals surface area contributed by atoms with Crippen LogP contribution in [0.4, 0.5) is 0 Å². The molecule has 1 aliphatic rings. The molecule has 1 saturated heterocycles. The predicted octanol–water partition coefficient (Wildman–Crippen LogP) is 2.19. The normalized spacial score (nSPS) is 22.8.